The minimum atomic E-state index is -0.857. The maximum absolute atomic E-state index is 11.6. The normalized spacial score (nSPS) is 15.2. The van der Waals surface area contributed by atoms with E-state index in [-0.39, 0.29) is 43.5 Å². The fraction of sp³-hybridized carbons (Fsp3) is 0.562. The first-order valence-corrected chi connectivity index (χ1v) is 7.89. The molecule has 0 aromatic carbocycles. The summed E-state index contributed by atoms with van der Waals surface area (Å²) in [5.74, 6) is -0.569. The highest BCUT2D eigenvalue weighted by molar-refractivity contribution is 5.88. The van der Waals surface area contributed by atoms with Gasteiger partial charge >= 0.3 is 0 Å². The number of carbonyl (C=O) groups excluding carboxylic acids is 2. The lowest BCUT2D eigenvalue weighted by molar-refractivity contribution is -0.122. The molecule has 0 saturated carbocycles. The van der Waals surface area contributed by atoms with E-state index in [4.69, 9.17) is 16.9 Å². The van der Waals surface area contributed by atoms with Gasteiger partial charge in [0.05, 0.1) is 18.0 Å². The summed E-state index contributed by atoms with van der Waals surface area (Å²) in [7, 11) is 0. The van der Waals surface area contributed by atoms with Gasteiger partial charge in [0.15, 0.2) is 0 Å². The Hall–Kier alpha value is -2.19. The summed E-state index contributed by atoms with van der Waals surface area (Å²) >= 11 is 0. The fourth-order valence-corrected chi connectivity index (χ4v) is 1.87. The molecule has 0 aliphatic heterocycles. The molecule has 0 radical (unpaired) electrons. The van der Waals surface area contributed by atoms with Gasteiger partial charge in [0.2, 0.25) is 11.8 Å². The molecule has 0 rings (SSSR count). The van der Waals surface area contributed by atoms with Crippen molar-refractivity contribution in [2.75, 3.05) is 6.54 Å². The zero-order valence-corrected chi connectivity index (χ0v) is 14.3. The first-order chi connectivity index (χ1) is 11.3. The molecule has 24 heavy (non-hydrogen) atoms. The summed E-state index contributed by atoms with van der Waals surface area (Å²) in [5.41, 5.74) is 11.0. The van der Waals surface area contributed by atoms with Crippen LogP contribution < -0.4 is 22.1 Å². The second kappa shape index (κ2) is 12.3. The van der Waals surface area contributed by atoms with Crippen LogP contribution in [-0.4, -0.2) is 47.5 Å². The summed E-state index contributed by atoms with van der Waals surface area (Å²) in [6.45, 7) is 3.80. The van der Waals surface area contributed by atoms with Crippen LogP contribution in [-0.2, 0) is 9.59 Å². The molecular weight excluding hydrogens is 310 g/mol. The number of amides is 2. The van der Waals surface area contributed by atoms with Crippen LogP contribution in [0.1, 0.15) is 33.1 Å². The highest BCUT2D eigenvalue weighted by atomic mass is 16.3. The van der Waals surface area contributed by atoms with Crippen molar-refractivity contribution in [1.29, 1.82) is 5.41 Å². The van der Waals surface area contributed by atoms with Crippen LogP contribution in [0.15, 0.2) is 24.3 Å². The molecule has 0 heterocycles. The smallest absolute Gasteiger partial charge is 0.244 e. The lowest BCUT2D eigenvalue weighted by Crippen LogP contribution is -2.44. The minimum Gasteiger partial charge on any atom is -0.391 e. The van der Waals surface area contributed by atoms with Crippen molar-refractivity contribution in [3.63, 3.8) is 0 Å². The van der Waals surface area contributed by atoms with E-state index in [0.29, 0.717) is 0 Å². The summed E-state index contributed by atoms with van der Waals surface area (Å²) in [6.07, 6.45) is 6.15. The predicted octanol–water partition coefficient (Wildman–Crippen LogP) is -0.466. The van der Waals surface area contributed by atoms with Crippen LogP contribution in [0.25, 0.3) is 0 Å². The van der Waals surface area contributed by atoms with E-state index in [1.54, 1.807) is 25.2 Å². The number of rotatable bonds is 11. The van der Waals surface area contributed by atoms with Gasteiger partial charge in [-0.2, -0.15) is 0 Å². The number of aliphatic hydroxyl groups is 1. The number of nitrogens with two attached hydrogens (primary N) is 2. The fourth-order valence-electron chi connectivity index (χ4n) is 1.87. The van der Waals surface area contributed by atoms with Crippen LogP contribution in [0.3, 0.4) is 0 Å². The molecule has 0 saturated heterocycles. The molecule has 8 heteroatoms. The number of hydrogen-bond acceptors (Lipinski definition) is 5. The molecule has 0 aromatic heterocycles. The molecule has 0 aromatic rings. The van der Waals surface area contributed by atoms with Crippen LogP contribution in [0.4, 0.5) is 0 Å². The molecule has 0 unspecified atom stereocenters. The van der Waals surface area contributed by atoms with Crippen LogP contribution in [0, 0.1) is 5.41 Å². The molecule has 3 atom stereocenters. The maximum Gasteiger partial charge on any atom is 0.244 e. The Morgan fingerprint density at radius 1 is 1.33 bits per heavy atom. The number of allylic oxidation sites excluding steroid dienone is 3. The summed E-state index contributed by atoms with van der Waals surface area (Å²) < 4.78 is 0. The Labute approximate surface area is 142 Å². The molecular formula is C16H29N5O3. The SMILES string of the molecule is C/C=C\C=C\C(=O)N[C@H](C)[C@H](O)C[C@@H](N)CC(=O)NCCC(=N)N. The third kappa shape index (κ3) is 11.4. The molecule has 8 nitrogen and oxygen atoms in total. The van der Waals surface area contributed by atoms with Gasteiger partial charge in [0.25, 0.3) is 0 Å². The molecule has 0 bridgehead atoms. The second-order valence-corrected chi connectivity index (χ2v) is 5.57. The van der Waals surface area contributed by atoms with E-state index in [1.165, 1.54) is 6.08 Å². The number of carbonyl (C=O) groups is 2. The van der Waals surface area contributed by atoms with Crippen molar-refractivity contribution in [3.8, 4) is 0 Å². The van der Waals surface area contributed by atoms with E-state index in [0.717, 1.165) is 0 Å². The molecule has 0 fully saturated rings. The zero-order chi connectivity index (χ0) is 18.5. The highest BCUT2D eigenvalue weighted by Crippen LogP contribution is 2.05. The van der Waals surface area contributed by atoms with Gasteiger partial charge in [-0.25, -0.2) is 0 Å². The van der Waals surface area contributed by atoms with Gasteiger partial charge in [-0.3, -0.25) is 15.0 Å². The van der Waals surface area contributed by atoms with Gasteiger partial charge in [-0.05, 0) is 20.3 Å². The van der Waals surface area contributed by atoms with Gasteiger partial charge in [-0.1, -0.05) is 18.2 Å². The van der Waals surface area contributed by atoms with Gasteiger partial charge in [0, 0.05) is 31.5 Å². The third-order valence-corrected chi connectivity index (χ3v) is 3.21. The van der Waals surface area contributed by atoms with Crippen molar-refractivity contribution in [2.24, 2.45) is 11.5 Å². The maximum atomic E-state index is 11.6. The predicted molar refractivity (Wildman–Crippen MR) is 94.3 cm³/mol. The molecule has 2 amide bonds. The van der Waals surface area contributed by atoms with E-state index in [1.807, 2.05) is 6.92 Å². The van der Waals surface area contributed by atoms with E-state index in [2.05, 4.69) is 10.6 Å². The standard InChI is InChI=1S/C16H29N5O3/c1-3-4-5-6-15(23)21-11(2)13(22)9-12(17)10-16(24)20-8-7-14(18)19/h3-6,11-13,22H,7-10,17H2,1-2H3,(H3,18,19)(H,20,24)(H,21,23)/b4-3-,6-5+/t11-,12-,13-/m1/s1. The van der Waals surface area contributed by atoms with E-state index < -0.39 is 18.2 Å². The third-order valence-electron chi connectivity index (χ3n) is 3.21. The quantitative estimate of drug-likeness (QED) is 0.130. The Balaban J connectivity index is 4.14. The largest absolute Gasteiger partial charge is 0.391 e. The summed E-state index contributed by atoms with van der Waals surface area (Å²) in [5, 5.41) is 22.4. The first-order valence-electron chi connectivity index (χ1n) is 7.89. The first kappa shape index (κ1) is 21.8. The van der Waals surface area contributed by atoms with Crippen molar-refractivity contribution in [1.82, 2.24) is 10.6 Å². The lowest BCUT2D eigenvalue weighted by Gasteiger charge is -2.22. The number of nitrogens with one attached hydrogen (secondary N) is 3. The average molecular weight is 339 g/mol. The Bertz CT molecular complexity index is 476. The van der Waals surface area contributed by atoms with Gasteiger partial charge in [-0.15, -0.1) is 0 Å². The van der Waals surface area contributed by atoms with Gasteiger partial charge < -0.3 is 27.2 Å². The molecule has 0 aliphatic rings. The lowest BCUT2D eigenvalue weighted by atomic mass is 10.0. The number of hydrogen-bond donors (Lipinski definition) is 6. The average Bonchev–Trinajstić information content (AvgIpc) is 2.46. The number of aliphatic hydroxyl groups excluding tert-OH is 1. The van der Waals surface area contributed by atoms with Crippen molar-refractivity contribution < 1.29 is 14.7 Å². The van der Waals surface area contributed by atoms with Crippen molar-refractivity contribution in [3.05, 3.63) is 24.3 Å². The summed E-state index contributed by atoms with van der Waals surface area (Å²) in [4.78, 5) is 23.2. The van der Waals surface area contributed by atoms with E-state index in [9.17, 15) is 14.7 Å². The van der Waals surface area contributed by atoms with Crippen LogP contribution in [0.2, 0.25) is 0 Å². The van der Waals surface area contributed by atoms with Crippen molar-refractivity contribution in [2.45, 2.75) is 51.3 Å². The second-order valence-electron chi connectivity index (χ2n) is 5.57. The summed E-state index contributed by atoms with van der Waals surface area (Å²) in [6, 6.07) is -1.02. The monoisotopic (exact) mass is 339 g/mol. The van der Waals surface area contributed by atoms with E-state index >= 15 is 0 Å². The topological polar surface area (TPSA) is 154 Å². The van der Waals surface area contributed by atoms with Gasteiger partial charge in [0.1, 0.15) is 0 Å². The Kier molecular flexibility index (Phi) is 11.1. The minimum absolute atomic E-state index is 0.00284. The zero-order valence-electron chi connectivity index (χ0n) is 14.3. The molecule has 0 spiro atoms. The number of amidine groups is 1. The van der Waals surface area contributed by atoms with Crippen LogP contribution in [0.5, 0.6) is 0 Å². The van der Waals surface area contributed by atoms with Crippen LogP contribution >= 0.6 is 0 Å². The Morgan fingerprint density at radius 2 is 2.00 bits per heavy atom. The molecule has 0 aliphatic carbocycles. The Morgan fingerprint density at radius 3 is 2.58 bits per heavy atom. The molecule has 8 N–H and O–H groups in total. The molecule has 136 valence electrons. The van der Waals surface area contributed by atoms with Crippen molar-refractivity contribution >= 4 is 17.6 Å². The highest BCUT2D eigenvalue weighted by Gasteiger charge is 2.20.